The van der Waals surface area contributed by atoms with Gasteiger partial charge >= 0.3 is 5.97 Å². The average molecular weight is 311 g/mol. The van der Waals surface area contributed by atoms with Gasteiger partial charge in [-0.2, -0.15) is 4.99 Å². The molecular formula is C16H17N5O2. The van der Waals surface area contributed by atoms with E-state index in [1.807, 2.05) is 19.1 Å². The van der Waals surface area contributed by atoms with Gasteiger partial charge in [-0.15, -0.1) is 0 Å². The zero-order chi connectivity index (χ0) is 16.8. The zero-order valence-electron chi connectivity index (χ0n) is 12.6. The molecule has 0 aliphatic rings. The minimum Gasteiger partial charge on any atom is -0.423 e. The smallest absolute Gasteiger partial charge is 0.345 e. The zero-order valence-corrected chi connectivity index (χ0v) is 12.6. The molecule has 0 saturated carbocycles. The number of nitrogens with two attached hydrogens (primary N) is 3. The molecule has 0 aliphatic heterocycles. The fraction of sp³-hybridized carbons (Fsp3) is 0.0625. The summed E-state index contributed by atoms with van der Waals surface area (Å²) >= 11 is 0. The highest BCUT2D eigenvalue weighted by atomic mass is 16.5. The van der Waals surface area contributed by atoms with E-state index in [1.54, 1.807) is 36.4 Å². The van der Waals surface area contributed by atoms with Crippen LogP contribution in [-0.4, -0.2) is 17.9 Å². The molecule has 0 fully saturated rings. The molecule has 0 aromatic heterocycles. The average Bonchev–Trinajstić information content (AvgIpc) is 2.49. The minimum absolute atomic E-state index is 0.152. The van der Waals surface area contributed by atoms with Crippen LogP contribution in [0.1, 0.15) is 15.9 Å². The van der Waals surface area contributed by atoms with E-state index in [-0.39, 0.29) is 17.5 Å². The third-order valence-electron chi connectivity index (χ3n) is 2.83. The van der Waals surface area contributed by atoms with E-state index in [0.29, 0.717) is 11.4 Å². The number of aryl methyl sites for hydroxylation is 1. The Kier molecular flexibility index (Phi) is 4.93. The summed E-state index contributed by atoms with van der Waals surface area (Å²) in [6, 6.07) is 13.7. The van der Waals surface area contributed by atoms with Crippen molar-refractivity contribution in [1.82, 2.24) is 0 Å². The third kappa shape index (κ3) is 4.57. The van der Waals surface area contributed by atoms with Crippen LogP contribution >= 0.6 is 0 Å². The number of nitrogens with zero attached hydrogens (tertiary/aromatic N) is 2. The third-order valence-corrected chi connectivity index (χ3v) is 2.83. The maximum absolute atomic E-state index is 12.3. The number of benzene rings is 2. The van der Waals surface area contributed by atoms with Crippen molar-refractivity contribution in [3.8, 4) is 5.75 Å². The van der Waals surface area contributed by atoms with Crippen LogP contribution in [0.5, 0.6) is 5.75 Å². The Morgan fingerprint density at radius 2 is 1.65 bits per heavy atom. The lowest BCUT2D eigenvalue weighted by Crippen LogP contribution is -2.26. The maximum atomic E-state index is 12.3. The van der Waals surface area contributed by atoms with Gasteiger partial charge in [-0.05, 0) is 31.2 Å². The monoisotopic (exact) mass is 311 g/mol. The number of hydrogen-bond acceptors (Lipinski definition) is 3. The Bertz CT molecular complexity index is 762. The van der Waals surface area contributed by atoms with Crippen LogP contribution in [0.25, 0.3) is 0 Å². The standard InChI is InChI=1S/C16H17N5O2/c1-10-6-8-11(9-7-10)23-14(22)12-4-2-3-5-13(12)20-16(19)21-15(17)18/h2-9H,1H3,(H6,17,18,19,20,21). The van der Waals surface area contributed by atoms with Crippen LogP contribution < -0.4 is 21.9 Å². The second kappa shape index (κ2) is 7.08. The number of hydrogen-bond donors (Lipinski definition) is 3. The van der Waals surface area contributed by atoms with Gasteiger partial charge < -0.3 is 21.9 Å². The lowest BCUT2D eigenvalue weighted by Gasteiger charge is -2.07. The maximum Gasteiger partial charge on any atom is 0.345 e. The summed E-state index contributed by atoms with van der Waals surface area (Å²) in [6.07, 6.45) is 0. The first kappa shape index (κ1) is 16.0. The normalized spacial score (nSPS) is 10.9. The molecule has 2 aromatic rings. The summed E-state index contributed by atoms with van der Waals surface area (Å²) < 4.78 is 5.32. The van der Waals surface area contributed by atoms with Gasteiger partial charge in [-0.3, -0.25) is 0 Å². The van der Waals surface area contributed by atoms with Gasteiger partial charge in [0.2, 0.25) is 5.96 Å². The number of carbonyl (C=O) groups excluding carboxylic acids is 1. The summed E-state index contributed by atoms with van der Waals surface area (Å²) in [5, 5.41) is 0. The molecule has 6 N–H and O–H groups in total. The van der Waals surface area contributed by atoms with E-state index in [2.05, 4.69) is 9.98 Å². The highest BCUT2D eigenvalue weighted by Crippen LogP contribution is 2.21. The molecule has 7 nitrogen and oxygen atoms in total. The fourth-order valence-corrected chi connectivity index (χ4v) is 1.79. The van der Waals surface area contributed by atoms with Gasteiger partial charge in [0.15, 0.2) is 5.96 Å². The van der Waals surface area contributed by atoms with Gasteiger partial charge in [0.05, 0.1) is 11.3 Å². The van der Waals surface area contributed by atoms with Crippen molar-refractivity contribution in [2.24, 2.45) is 27.2 Å². The van der Waals surface area contributed by atoms with Gasteiger partial charge in [-0.1, -0.05) is 29.8 Å². The van der Waals surface area contributed by atoms with E-state index in [0.717, 1.165) is 5.56 Å². The van der Waals surface area contributed by atoms with Crippen molar-refractivity contribution < 1.29 is 9.53 Å². The quantitative estimate of drug-likeness (QED) is 0.342. The van der Waals surface area contributed by atoms with Crippen molar-refractivity contribution in [3.05, 3.63) is 59.7 Å². The van der Waals surface area contributed by atoms with Gasteiger partial charge in [-0.25, -0.2) is 9.79 Å². The van der Waals surface area contributed by atoms with Crippen LogP contribution in [0, 0.1) is 6.92 Å². The highest BCUT2D eigenvalue weighted by Gasteiger charge is 2.13. The predicted molar refractivity (Wildman–Crippen MR) is 89.7 cm³/mol. The first-order valence-corrected chi connectivity index (χ1v) is 6.77. The number of esters is 1. The van der Waals surface area contributed by atoms with Crippen LogP contribution in [-0.2, 0) is 0 Å². The van der Waals surface area contributed by atoms with Crippen molar-refractivity contribution in [3.63, 3.8) is 0 Å². The van der Waals surface area contributed by atoms with E-state index in [9.17, 15) is 4.79 Å². The molecule has 0 aliphatic carbocycles. The topological polar surface area (TPSA) is 129 Å². The van der Waals surface area contributed by atoms with Crippen LogP contribution in [0.15, 0.2) is 58.5 Å². The molecule has 7 heteroatoms. The first-order chi connectivity index (χ1) is 11.0. The second-order valence-electron chi connectivity index (χ2n) is 4.73. The Morgan fingerprint density at radius 3 is 2.30 bits per heavy atom. The van der Waals surface area contributed by atoms with E-state index in [4.69, 9.17) is 21.9 Å². The number of guanidine groups is 2. The summed E-state index contributed by atoms with van der Waals surface area (Å²) in [6.45, 7) is 1.95. The van der Waals surface area contributed by atoms with Gasteiger partial charge in [0.1, 0.15) is 5.75 Å². The summed E-state index contributed by atoms with van der Waals surface area (Å²) in [4.78, 5) is 19.9. The van der Waals surface area contributed by atoms with E-state index < -0.39 is 5.97 Å². The lowest BCUT2D eigenvalue weighted by molar-refractivity contribution is 0.0735. The number of rotatable bonds is 3. The Labute approximate surface area is 133 Å². The predicted octanol–water partition coefficient (Wildman–Crippen LogP) is 1.43. The Hall–Kier alpha value is -3.35. The Morgan fingerprint density at radius 1 is 1.00 bits per heavy atom. The molecule has 0 heterocycles. The van der Waals surface area contributed by atoms with Crippen molar-refractivity contribution in [2.45, 2.75) is 6.92 Å². The molecule has 0 spiro atoms. The van der Waals surface area contributed by atoms with Gasteiger partial charge in [0, 0.05) is 0 Å². The molecular weight excluding hydrogens is 294 g/mol. The fourth-order valence-electron chi connectivity index (χ4n) is 1.79. The van der Waals surface area contributed by atoms with Gasteiger partial charge in [0.25, 0.3) is 0 Å². The molecule has 0 saturated heterocycles. The molecule has 0 unspecified atom stereocenters. The molecule has 0 amide bonds. The van der Waals surface area contributed by atoms with Crippen LogP contribution in [0.2, 0.25) is 0 Å². The number of carbonyl (C=O) groups is 1. The lowest BCUT2D eigenvalue weighted by atomic mass is 10.2. The molecule has 0 atom stereocenters. The minimum atomic E-state index is -0.550. The highest BCUT2D eigenvalue weighted by molar-refractivity contribution is 5.99. The molecule has 0 radical (unpaired) electrons. The van der Waals surface area contributed by atoms with Crippen molar-refractivity contribution in [2.75, 3.05) is 0 Å². The summed E-state index contributed by atoms with van der Waals surface area (Å²) in [5.74, 6) is -0.478. The number of aliphatic imine (C=N–C) groups is 2. The van der Waals surface area contributed by atoms with Crippen LogP contribution in [0.3, 0.4) is 0 Å². The number of ether oxygens (including phenoxy) is 1. The molecule has 23 heavy (non-hydrogen) atoms. The molecule has 118 valence electrons. The first-order valence-electron chi connectivity index (χ1n) is 6.77. The van der Waals surface area contributed by atoms with E-state index in [1.165, 1.54) is 0 Å². The summed E-state index contributed by atoms with van der Waals surface area (Å²) in [7, 11) is 0. The molecule has 2 aromatic carbocycles. The van der Waals surface area contributed by atoms with Crippen molar-refractivity contribution in [1.29, 1.82) is 0 Å². The summed E-state index contributed by atoms with van der Waals surface area (Å²) in [5.41, 5.74) is 17.7. The second-order valence-corrected chi connectivity index (χ2v) is 4.73. The largest absolute Gasteiger partial charge is 0.423 e. The number of para-hydroxylation sites is 1. The van der Waals surface area contributed by atoms with E-state index >= 15 is 0 Å². The Balaban J connectivity index is 2.27. The molecule has 0 bridgehead atoms. The molecule has 2 rings (SSSR count). The van der Waals surface area contributed by atoms with Crippen LogP contribution in [0.4, 0.5) is 5.69 Å². The van der Waals surface area contributed by atoms with Crippen molar-refractivity contribution >= 4 is 23.6 Å². The SMILES string of the molecule is Cc1ccc(OC(=O)c2ccccc2N=C(N)N=C(N)N)cc1.